The third kappa shape index (κ3) is 3.57. The summed E-state index contributed by atoms with van der Waals surface area (Å²) in [6.07, 6.45) is 2.02. The number of aryl methyl sites for hydroxylation is 3. The number of benzene rings is 1. The third-order valence-electron chi connectivity index (χ3n) is 3.17. The summed E-state index contributed by atoms with van der Waals surface area (Å²) >= 11 is 5.35. The van der Waals surface area contributed by atoms with E-state index in [1.807, 2.05) is 37.0 Å². The monoisotopic (exact) mass is 288 g/mol. The average Bonchev–Trinajstić information content (AvgIpc) is 2.71. The predicted molar refractivity (Wildman–Crippen MR) is 86.9 cm³/mol. The first-order valence-corrected chi connectivity index (χ1v) is 7.01. The maximum absolute atomic E-state index is 5.35. The van der Waals surface area contributed by atoms with Crippen molar-refractivity contribution in [3.8, 4) is 0 Å². The molecule has 1 unspecified atom stereocenters. The van der Waals surface area contributed by atoms with Crippen LogP contribution < -0.4 is 10.6 Å². The Morgan fingerprint density at radius 3 is 2.45 bits per heavy atom. The van der Waals surface area contributed by atoms with E-state index in [0.29, 0.717) is 5.11 Å². The van der Waals surface area contributed by atoms with Gasteiger partial charge >= 0.3 is 0 Å². The second-order valence-corrected chi connectivity index (χ2v) is 5.44. The van der Waals surface area contributed by atoms with Gasteiger partial charge in [0.05, 0.1) is 11.7 Å². The van der Waals surface area contributed by atoms with E-state index < -0.39 is 0 Å². The van der Waals surface area contributed by atoms with Crippen molar-refractivity contribution in [1.29, 1.82) is 0 Å². The molecule has 0 aliphatic rings. The Bertz CT molecular complexity index is 601. The normalized spacial score (nSPS) is 12.0. The molecule has 0 amide bonds. The van der Waals surface area contributed by atoms with Gasteiger partial charge in [0, 0.05) is 24.5 Å². The maximum Gasteiger partial charge on any atom is 0.171 e. The lowest BCUT2D eigenvalue weighted by Gasteiger charge is -2.16. The van der Waals surface area contributed by atoms with Crippen molar-refractivity contribution in [2.45, 2.75) is 26.8 Å². The molecule has 2 N–H and O–H groups in total. The summed E-state index contributed by atoms with van der Waals surface area (Å²) in [7, 11) is 1.92. The van der Waals surface area contributed by atoms with E-state index >= 15 is 0 Å². The summed E-state index contributed by atoms with van der Waals surface area (Å²) in [5.41, 5.74) is 4.39. The molecule has 2 rings (SSSR count). The molecule has 2 aromatic rings. The van der Waals surface area contributed by atoms with Crippen LogP contribution in [-0.4, -0.2) is 14.9 Å². The van der Waals surface area contributed by atoms with Crippen molar-refractivity contribution in [2.24, 2.45) is 7.05 Å². The number of nitrogens with zero attached hydrogens (tertiary/aromatic N) is 2. The van der Waals surface area contributed by atoms with Gasteiger partial charge in [-0.15, -0.1) is 0 Å². The van der Waals surface area contributed by atoms with E-state index in [1.165, 1.54) is 5.56 Å². The van der Waals surface area contributed by atoms with Gasteiger partial charge in [0.1, 0.15) is 0 Å². The minimum absolute atomic E-state index is 0.120. The quantitative estimate of drug-likeness (QED) is 0.852. The molecule has 0 bridgehead atoms. The Kier molecular flexibility index (Phi) is 4.39. The summed E-state index contributed by atoms with van der Waals surface area (Å²) in [6, 6.07) is 8.26. The van der Waals surface area contributed by atoms with E-state index in [-0.39, 0.29) is 6.04 Å². The number of thiocarbonyl (C=S) groups is 1. The molecule has 0 saturated heterocycles. The number of aromatic nitrogens is 2. The molecular weight excluding hydrogens is 268 g/mol. The molecule has 1 aromatic carbocycles. The highest BCUT2D eigenvalue weighted by atomic mass is 32.1. The lowest BCUT2D eigenvalue weighted by molar-refractivity contribution is 0.715. The van der Waals surface area contributed by atoms with Crippen LogP contribution in [0.3, 0.4) is 0 Å². The molecule has 0 fully saturated rings. The Labute approximate surface area is 125 Å². The van der Waals surface area contributed by atoms with Crippen molar-refractivity contribution < 1.29 is 0 Å². The number of anilines is 1. The van der Waals surface area contributed by atoms with Crippen molar-refractivity contribution in [3.63, 3.8) is 0 Å². The van der Waals surface area contributed by atoms with E-state index in [2.05, 4.69) is 41.7 Å². The number of hydrogen-bond donors (Lipinski definition) is 2. The fraction of sp³-hybridized carbons (Fsp3) is 0.333. The zero-order valence-electron chi connectivity index (χ0n) is 12.3. The largest absolute Gasteiger partial charge is 0.356 e. The van der Waals surface area contributed by atoms with Crippen LogP contribution in [-0.2, 0) is 7.05 Å². The van der Waals surface area contributed by atoms with Crippen molar-refractivity contribution >= 4 is 23.0 Å². The summed E-state index contributed by atoms with van der Waals surface area (Å²) < 4.78 is 1.82. The van der Waals surface area contributed by atoms with Crippen molar-refractivity contribution in [2.75, 3.05) is 5.32 Å². The van der Waals surface area contributed by atoms with Crippen molar-refractivity contribution in [1.82, 2.24) is 15.1 Å². The number of rotatable bonds is 3. The first-order valence-electron chi connectivity index (χ1n) is 6.60. The van der Waals surface area contributed by atoms with Gasteiger partial charge in [0.15, 0.2) is 5.11 Å². The molecule has 0 radical (unpaired) electrons. The zero-order chi connectivity index (χ0) is 14.7. The fourth-order valence-corrected chi connectivity index (χ4v) is 2.42. The van der Waals surface area contributed by atoms with Gasteiger partial charge in [-0.2, -0.15) is 5.10 Å². The van der Waals surface area contributed by atoms with Crippen molar-refractivity contribution in [3.05, 3.63) is 47.3 Å². The first kappa shape index (κ1) is 14.5. The highest BCUT2D eigenvalue weighted by Crippen LogP contribution is 2.16. The minimum Gasteiger partial charge on any atom is -0.356 e. The van der Waals surface area contributed by atoms with Gasteiger partial charge in [-0.1, -0.05) is 17.7 Å². The molecule has 20 heavy (non-hydrogen) atoms. The van der Waals surface area contributed by atoms with Crippen LogP contribution >= 0.6 is 12.2 Å². The smallest absolute Gasteiger partial charge is 0.171 e. The number of hydrogen-bond acceptors (Lipinski definition) is 2. The number of nitrogens with one attached hydrogen (secondary N) is 2. The van der Waals surface area contributed by atoms with E-state index in [0.717, 1.165) is 16.9 Å². The second-order valence-electron chi connectivity index (χ2n) is 5.03. The zero-order valence-corrected chi connectivity index (χ0v) is 13.1. The molecule has 0 spiro atoms. The van der Waals surface area contributed by atoms with Crippen LogP contribution in [0.4, 0.5) is 5.69 Å². The summed E-state index contributed by atoms with van der Waals surface area (Å²) in [6.45, 7) is 6.14. The topological polar surface area (TPSA) is 41.9 Å². The van der Waals surface area contributed by atoms with E-state index in [4.69, 9.17) is 12.2 Å². The van der Waals surface area contributed by atoms with Crippen LogP contribution in [0.2, 0.25) is 0 Å². The van der Waals surface area contributed by atoms with Crippen LogP contribution in [0.5, 0.6) is 0 Å². The second kappa shape index (κ2) is 6.05. The van der Waals surface area contributed by atoms with Crippen LogP contribution in [0.1, 0.15) is 29.8 Å². The fourth-order valence-electron chi connectivity index (χ4n) is 2.12. The summed E-state index contributed by atoms with van der Waals surface area (Å²) in [5.74, 6) is 0. The summed E-state index contributed by atoms with van der Waals surface area (Å²) in [4.78, 5) is 0. The molecular formula is C15H20N4S. The standard InChI is InChI=1S/C15H20N4S/c1-10-5-7-13(8-6-10)17-15(20)16-11(2)14-9-19(4)18-12(14)3/h5-9,11H,1-4H3,(H2,16,17,20). The van der Waals surface area contributed by atoms with E-state index in [1.54, 1.807) is 0 Å². The van der Waals surface area contributed by atoms with Gasteiger partial charge in [-0.3, -0.25) is 4.68 Å². The Morgan fingerprint density at radius 1 is 1.25 bits per heavy atom. The molecule has 106 valence electrons. The molecule has 0 saturated carbocycles. The summed E-state index contributed by atoms with van der Waals surface area (Å²) in [5, 5.41) is 11.4. The SMILES string of the molecule is Cc1ccc(NC(=S)NC(C)c2cn(C)nc2C)cc1. The van der Waals surface area contributed by atoms with Gasteiger partial charge in [0.2, 0.25) is 0 Å². The first-order chi connectivity index (χ1) is 9.45. The Balaban J connectivity index is 1.97. The molecule has 1 heterocycles. The lowest BCUT2D eigenvalue weighted by Crippen LogP contribution is -2.31. The molecule has 1 atom stereocenters. The van der Waals surface area contributed by atoms with Gasteiger partial charge < -0.3 is 10.6 Å². The van der Waals surface area contributed by atoms with E-state index in [9.17, 15) is 0 Å². The Morgan fingerprint density at radius 2 is 1.90 bits per heavy atom. The lowest BCUT2D eigenvalue weighted by atomic mass is 10.1. The predicted octanol–water partition coefficient (Wildman–Crippen LogP) is 3.08. The van der Waals surface area contributed by atoms with Crippen LogP contribution in [0.15, 0.2) is 30.5 Å². The molecule has 0 aliphatic carbocycles. The third-order valence-corrected chi connectivity index (χ3v) is 3.39. The maximum atomic E-state index is 5.35. The highest BCUT2D eigenvalue weighted by Gasteiger charge is 2.12. The van der Waals surface area contributed by atoms with Gasteiger partial charge in [-0.25, -0.2) is 0 Å². The van der Waals surface area contributed by atoms with Crippen LogP contribution in [0.25, 0.3) is 0 Å². The molecule has 4 nitrogen and oxygen atoms in total. The molecule has 5 heteroatoms. The van der Waals surface area contributed by atoms with Gasteiger partial charge in [0.25, 0.3) is 0 Å². The highest BCUT2D eigenvalue weighted by molar-refractivity contribution is 7.80. The Hall–Kier alpha value is -1.88. The van der Waals surface area contributed by atoms with Gasteiger partial charge in [-0.05, 0) is 45.1 Å². The molecule has 1 aromatic heterocycles. The minimum atomic E-state index is 0.120. The molecule has 0 aliphatic heterocycles. The van der Waals surface area contributed by atoms with Crippen LogP contribution in [0, 0.1) is 13.8 Å². The average molecular weight is 288 g/mol.